The summed E-state index contributed by atoms with van der Waals surface area (Å²) < 4.78 is 0. The van der Waals surface area contributed by atoms with Crippen LogP contribution in [0.2, 0.25) is 0 Å². The number of nitrogens with two attached hydrogens (primary N) is 1. The first-order chi connectivity index (χ1) is 10.1. The van der Waals surface area contributed by atoms with Gasteiger partial charge in [0.2, 0.25) is 5.91 Å². The number of nitro groups is 1. The van der Waals surface area contributed by atoms with Crippen LogP contribution in [0.5, 0.6) is 0 Å². The van der Waals surface area contributed by atoms with Gasteiger partial charge in [-0.2, -0.15) is 11.8 Å². The van der Waals surface area contributed by atoms with Crippen LogP contribution in [0.1, 0.15) is 6.42 Å². The fourth-order valence-electron chi connectivity index (χ4n) is 1.67. The van der Waals surface area contributed by atoms with Crippen LogP contribution in [0.3, 0.4) is 0 Å². The number of nitrogens with zero attached hydrogens (tertiary/aromatic N) is 1. The Labute approximate surface area is 140 Å². The standard InChI is InChI=1S/C13H20N4O3S.ClH/c1-21-9-6-10(14)13(18)16-8-7-15-11-4-2-3-5-12(11)17(19)20;/h2-5,10,15H,6-9,14H2,1H3,(H,16,18);1H/t10-;/m0./s1. The maximum atomic E-state index is 11.7. The summed E-state index contributed by atoms with van der Waals surface area (Å²) in [6, 6.07) is 5.87. The van der Waals surface area contributed by atoms with E-state index >= 15 is 0 Å². The second-order valence-electron chi connectivity index (χ2n) is 4.38. The first-order valence-electron chi connectivity index (χ1n) is 6.55. The van der Waals surface area contributed by atoms with Gasteiger partial charge in [-0.1, -0.05) is 12.1 Å². The molecule has 9 heteroatoms. The first kappa shape index (κ1) is 20.5. The lowest BCUT2D eigenvalue weighted by Gasteiger charge is -2.12. The Bertz CT molecular complexity index is 490. The summed E-state index contributed by atoms with van der Waals surface area (Å²) in [6.45, 7) is 0.754. The van der Waals surface area contributed by atoms with Crippen molar-refractivity contribution in [2.24, 2.45) is 5.73 Å². The van der Waals surface area contributed by atoms with Crippen molar-refractivity contribution in [3.8, 4) is 0 Å². The minimum Gasteiger partial charge on any atom is -0.378 e. The molecule has 7 nitrogen and oxygen atoms in total. The second kappa shape index (κ2) is 11.1. The van der Waals surface area contributed by atoms with Crippen molar-refractivity contribution in [1.29, 1.82) is 0 Å². The van der Waals surface area contributed by atoms with Crippen molar-refractivity contribution in [2.45, 2.75) is 12.5 Å². The maximum Gasteiger partial charge on any atom is 0.292 e. The Kier molecular flexibility index (Phi) is 10.3. The van der Waals surface area contributed by atoms with Gasteiger partial charge in [-0.05, 0) is 24.5 Å². The highest BCUT2D eigenvalue weighted by Gasteiger charge is 2.13. The van der Waals surface area contributed by atoms with E-state index in [1.807, 2.05) is 6.26 Å². The molecule has 1 aromatic carbocycles. The van der Waals surface area contributed by atoms with Crippen LogP contribution < -0.4 is 16.4 Å². The highest BCUT2D eigenvalue weighted by atomic mass is 35.5. The van der Waals surface area contributed by atoms with Crippen LogP contribution in [-0.2, 0) is 4.79 Å². The zero-order valence-corrected chi connectivity index (χ0v) is 13.9. The van der Waals surface area contributed by atoms with Crippen molar-refractivity contribution < 1.29 is 9.72 Å². The van der Waals surface area contributed by atoms with E-state index in [4.69, 9.17) is 5.73 Å². The summed E-state index contributed by atoms with van der Waals surface area (Å²) in [5.41, 5.74) is 6.17. The van der Waals surface area contributed by atoms with Gasteiger partial charge in [0.25, 0.3) is 5.69 Å². The minimum atomic E-state index is -0.511. The van der Waals surface area contributed by atoms with Crippen LogP contribution in [-0.4, -0.2) is 42.0 Å². The molecule has 0 aliphatic heterocycles. The van der Waals surface area contributed by atoms with Gasteiger partial charge in [0.1, 0.15) is 5.69 Å². The fraction of sp³-hybridized carbons (Fsp3) is 0.462. The van der Waals surface area contributed by atoms with Crippen molar-refractivity contribution in [3.05, 3.63) is 34.4 Å². The number of hydrogen-bond donors (Lipinski definition) is 3. The number of hydrogen-bond acceptors (Lipinski definition) is 6. The molecule has 0 fully saturated rings. The van der Waals surface area contributed by atoms with E-state index in [0.717, 1.165) is 5.75 Å². The van der Waals surface area contributed by atoms with Gasteiger partial charge in [0.15, 0.2) is 0 Å². The third-order valence-electron chi connectivity index (χ3n) is 2.81. The lowest BCUT2D eigenvalue weighted by molar-refractivity contribution is -0.384. The molecule has 1 rings (SSSR count). The number of thioether (sulfide) groups is 1. The maximum absolute atomic E-state index is 11.7. The monoisotopic (exact) mass is 348 g/mol. The van der Waals surface area contributed by atoms with Crippen molar-refractivity contribution in [2.75, 3.05) is 30.4 Å². The number of carbonyl (C=O) groups excluding carboxylic acids is 1. The van der Waals surface area contributed by atoms with Crippen LogP contribution in [0.25, 0.3) is 0 Å². The molecule has 0 aliphatic carbocycles. The molecule has 0 unspecified atom stereocenters. The normalized spacial score (nSPS) is 11.2. The van der Waals surface area contributed by atoms with E-state index in [1.54, 1.807) is 30.0 Å². The van der Waals surface area contributed by atoms with E-state index in [2.05, 4.69) is 10.6 Å². The number of rotatable bonds is 9. The van der Waals surface area contributed by atoms with Crippen molar-refractivity contribution >= 4 is 41.5 Å². The second-order valence-corrected chi connectivity index (χ2v) is 5.37. The summed E-state index contributed by atoms with van der Waals surface area (Å²) in [5, 5.41) is 16.5. The molecule has 0 spiro atoms. The molecular weight excluding hydrogens is 328 g/mol. The number of anilines is 1. The Morgan fingerprint density at radius 2 is 2.09 bits per heavy atom. The largest absolute Gasteiger partial charge is 0.378 e. The molecule has 0 saturated carbocycles. The molecule has 4 N–H and O–H groups in total. The lowest BCUT2D eigenvalue weighted by Crippen LogP contribution is -2.42. The van der Waals surface area contributed by atoms with Crippen LogP contribution in [0.15, 0.2) is 24.3 Å². The molecule has 0 saturated heterocycles. The molecule has 0 heterocycles. The van der Waals surface area contributed by atoms with E-state index in [9.17, 15) is 14.9 Å². The number of nitro benzene ring substituents is 1. The molecule has 124 valence electrons. The summed E-state index contributed by atoms with van der Waals surface area (Å²) in [7, 11) is 0. The lowest BCUT2D eigenvalue weighted by atomic mass is 10.2. The number of benzene rings is 1. The average molecular weight is 349 g/mol. The number of para-hydroxylation sites is 2. The zero-order chi connectivity index (χ0) is 15.7. The highest BCUT2D eigenvalue weighted by molar-refractivity contribution is 7.98. The summed E-state index contributed by atoms with van der Waals surface area (Å²) in [5.74, 6) is 0.636. The summed E-state index contributed by atoms with van der Waals surface area (Å²) >= 11 is 1.64. The van der Waals surface area contributed by atoms with Crippen molar-refractivity contribution in [3.63, 3.8) is 0 Å². The van der Waals surface area contributed by atoms with E-state index in [0.29, 0.717) is 25.2 Å². The van der Waals surface area contributed by atoms with E-state index < -0.39 is 11.0 Å². The average Bonchev–Trinajstić information content (AvgIpc) is 2.49. The molecule has 1 aromatic rings. The van der Waals surface area contributed by atoms with Gasteiger partial charge < -0.3 is 16.4 Å². The highest BCUT2D eigenvalue weighted by Crippen LogP contribution is 2.22. The summed E-state index contributed by atoms with van der Waals surface area (Å²) in [4.78, 5) is 22.0. The fourth-order valence-corrected chi connectivity index (χ4v) is 2.16. The van der Waals surface area contributed by atoms with Crippen LogP contribution in [0, 0.1) is 10.1 Å². The van der Waals surface area contributed by atoms with Crippen LogP contribution in [0.4, 0.5) is 11.4 Å². The van der Waals surface area contributed by atoms with Gasteiger partial charge in [0.05, 0.1) is 11.0 Å². The Morgan fingerprint density at radius 3 is 2.73 bits per heavy atom. The zero-order valence-electron chi connectivity index (χ0n) is 12.3. The van der Waals surface area contributed by atoms with E-state index in [-0.39, 0.29) is 24.0 Å². The van der Waals surface area contributed by atoms with Crippen LogP contribution >= 0.6 is 24.2 Å². The van der Waals surface area contributed by atoms with Gasteiger partial charge in [-0.15, -0.1) is 12.4 Å². The van der Waals surface area contributed by atoms with Gasteiger partial charge >= 0.3 is 0 Å². The number of nitrogens with one attached hydrogen (secondary N) is 2. The Morgan fingerprint density at radius 1 is 1.41 bits per heavy atom. The molecule has 0 radical (unpaired) electrons. The van der Waals surface area contributed by atoms with Crippen molar-refractivity contribution in [1.82, 2.24) is 5.32 Å². The predicted octanol–water partition coefficient (Wildman–Crippen LogP) is 1.63. The van der Waals surface area contributed by atoms with Gasteiger partial charge in [-0.25, -0.2) is 0 Å². The molecule has 22 heavy (non-hydrogen) atoms. The third-order valence-corrected chi connectivity index (χ3v) is 3.45. The topological polar surface area (TPSA) is 110 Å². The molecule has 1 atom stereocenters. The predicted molar refractivity (Wildman–Crippen MR) is 92.8 cm³/mol. The van der Waals surface area contributed by atoms with Gasteiger partial charge in [-0.3, -0.25) is 14.9 Å². The molecule has 0 aromatic heterocycles. The number of amides is 1. The summed E-state index contributed by atoms with van der Waals surface area (Å²) in [6.07, 6.45) is 2.59. The van der Waals surface area contributed by atoms with Gasteiger partial charge in [0, 0.05) is 19.2 Å². The molecule has 0 aliphatic rings. The smallest absolute Gasteiger partial charge is 0.292 e. The van der Waals surface area contributed by atoms with E-state index in [1.165, 1.54) is 6.07 Å². The Balaban J connectivity index is 0.00000441. The SMILES string of the molecule is CSCC[C@H](N)C(=O)NCCNc1ccccc1[N+](=O)[O-].Cl. The Hall–Kier alpha value is -1.51. The molecule has 1 amide bonds. The third kappa shape index (κ3) is 6.97. The molecule has 0 bridgehead atoms. The quantitative estimate of drug-likeness (QED) is 0.355. The first-order valence-corrected chi connectivity index (χ1v) is 7.95. The minimum absolute atomic E-state index is 0. The number of halogens is 1. The number of carbonyl (C=O) groups is 1. The molecular formula is C13H21ClN4O3S.